The first-order valence-electron chi connectivity index (χ1n) is 20.4. The van der Waals surface area contributed by atoms with Gasteiger partial charge in [-0.25, -0.2) is 0 Å². The van der Waals surface area contributed by atoms with Gasteiger partial charge in [0, 0.05) is 11.1 Å². The molecule has 0 aliphatic carbocycles. The van der Waals surface area contributed by atoms with E-state index < -0.39 is 20.4 Å². The Kier molecular flexibility index (Phi) is 8.81. The van der Waals surface area contributed by atoms with Crippen LogP contribution in [-0.2, 0) is 5.41 Å². The van der Waals surface area contributed by atoms with Crippen molar-refractivity contribution in [2.45, 2.75) is 26.2 Å². The van der Waals surface area contributed by atoms with E-state index in [1.165, 1.54) is 36.4 Å². The van der Waals surface area contributed by atoms with Crippen LogP contribution in [-0.4, -0.2) is 34.5 Å². The Morgan fingerprint density at radius 3 is 1.95 bits per heavy atom. The minimum absolute atomic E-state index is 0.0127. The molecule has 0 bridgehead atoms. The van der Waals surface area contributed by atoms with Gasteiger partial charge in [-0.3, -0.25) is 0 Å². The maximum absolute atomic E-state index is 6.79. The van der Waals surface area contributed by atoms with E-state index in [0.29, 0.717) is 0 Å². The molecule has 0 N–H and O–H groups in total. The topological polar surface area (TPSA) is 35.9 Å². The molecule has 288 valence electrons. The van der Waals surface area contributed by atoms with Gasteiger partial charge in [-0.15, -0.1) is 0 Å². The Bertz CT molecular complexity index is 3330. The number of rotatable bonds is 7. The maximum atomic E-state index is 6.79. The summed E-state index contributed by atoms with van der Waals surface area (Å²) in [5, 5.41) is 3.69. The first-order valence-corrected chi connectivity index (χ1v) is 22.9. The summed E-state index contributed by atoms with van der Waals surface area (Å²) < 4.78 is 17.3. The van der Waals surface area contributed by atoms with Crippen LogP contribution < -0.4 is 9.30 Å². The molecule has 5 nitrogen and oxygen atoms in total. The summed E-state index contributed by atoms with van der Waals surface area (Å²) in [5.41, 5.74) is 12.6. The molecule has 6 heteroatoms. The van der Waals surface area contributed by atoms with E-state index in [4.69, 9.17) is 9.72 Å². The van der Waals surface area contributed by atoms with Crippen LogP contribution in [0, 0.1) is 0 Å². The molecule has 0 unspecified atom stereocenters. The molecular weight excluding hydrogens is 848 g/mol. The number of hydrogen-bond donors (Lipinski definition) is 0. The summed E-state index contributed by atoms with van der Waals surface area (Å²) in [5.74, 6) is 2.50. The molecule has 0 aliphatic heterocycles. The summed E-state index contributed by atoms with van der Waals surface area (Å²) in [6, 6.07) is 64.7. The van der Waals surface area contributed by atoms with Crippen molar-refractivity contribution < 1.29 is 9.30 Å². The summed E-state index contributed by atoms with van der Waals surface area (Å²) >= 11 is -0.474. The minimum atomic E-state index is -0.474. The quantitative estimate of drug-likeness (QED) is 0.118. The Hall–Kier alpha value is -6.71. The van der Waals surface area contributed by atoms with Crippen LogP contribution in [0.1, 0.15) is 26.3 Å². The van der Waals surface area contributed by atoms with E-state index >= 15 is 0 Å². The second-order valence-corrected chi connectivity index (χ2v) is 18.9. The van der Waals surface area contributed by atoms with Crippen molar-refractivity contribution >= 4 is 62.2 Å². The van der Waals surface area contributed by atoms with Gasteiger partial charge >= 0.3 is 208 Å². The fourth-order valence-electron chi connectivity index (χ4n) is 8.76. The molecular formula is C54H41N4OTe+. The molecule has 0 amide bonds. The van der Waals surface area contributed by atoms with E-state index in [-0.39, 0.29) is 5.41 Å². The van der Waals surface area contributed by atoms with Crippen molar-refractivity contribution in [1.29, 1.82) is 0 Å². The normalized spacial score (nSPS) is 11.9. The van der Waals surface area contributed by atoms with Crippen LogP contribution >= 0.6 is 0 Å². The van der Waals surface area contributed by atoms with Crippen molar-refractivity contribution in [3.63, 3.8) is 0 Å². The van der Waals surface area contributed by atoms with Crippen molar-refractivity contribution in [3.8, 4) is 50.9 Å². The zero-order chi connectivity index (χ0) is 40.4. The number of pyridine rings is 1. The monoisotopic (exact) mass is 891 g/mol. The molecule has 60 heavy (non-hydrogen) atoms. The number of hydrogen-bond acceptors (Lipinski definition) is 2. The van der Waals surface area contributed by atoms with E-state index in [2.05, 4.69) is 221 Å². The van der Waals surface area contributed by atoms with Crippen LogP contribution in [0.5, 0.6) is 11.5 Å². The van der Waals surface area contributed by atoms with Gasteiger partial charge in [0.05, 0.1) is 0 Å². The molecule has 4 heterocycles. The number of imidazole rings is 1. The van der Waals surface area contributed by atoms with Crippen molar-refractivity contribution in [2.24, 2.45) is 0 Å². The molecule has 0 aliphatic rings. The Balaban J connectivity index is 1.03. The molecule has 0 spiro atoms. The summed E-state index contributed by atoms with van der Waals surface area (Å²) in [6.07, 6.45) is 2.22. The Morgan fingerprint density at radius 2 is 1.20 bits per heavy atom. The molecule has 0 saturated carbocycles. The number of ether oxygens (including phenoxy) is 1. The molecule has 0 radical (unpaired) electrons. The third-order valence-electron chi connectivity index (χ3n) is 11.5. The van der Waals surface area contributed by atoms with Crippen molar-refractivity contribution in [1.82, 2.24) is 14.1 Å². The van der Waals surface area contributed by atoms with Crippen molar-refractivity contribution in [3.05, 3.63) is 198 Å². The van der Waals surface area contributed by atoms with Crippen LogP contribution in [0.15, 0.2) is 192 Å². The Morgan fingerprint density at radius 1 is 0.550 bits per heavy atom. The van der Waals surface area contributed by atoms with E-state index in [9.17, 15) is 0 Å². The van der Waals surface area contributed by atoms with E-state index in [1.54, 1.807) is 0 Å². The SMILES string of the molecule is CC(C)(C)c1cc(-n2c3ccccc3c3ccc(Oc4cccc(-n5c[n+](-c6c(-c7ccccc7)cccc6-c6ccccc6)c6ccccc65)c4)cc32)nc2[te]ccc12. The zero-order valence-electron chi connectivity index (χ0n) is 33.6. The van der Waals surface area contributed by atoms with Gasteiger partial charge in [-0.05, 0) is 23.3 Å². The van der Waals surface area contributed by atoms with Crippen LogP contribution in [0.2, 0.25) is 0 Å². The van der Waals surface area contributed by atoms with E-state index in [0.717, 1.165) is 61.9 Å². The van der Waals surface area contributed by atoms with E-state index in [1.807, 2.05) is 6.07 Å². The second kappa shape index (κ2) is 14.5. The van der Waals surface area contributed by atoms with Crippen LogP contribution in [0.3, 0.4) is 0 Å². The summed E-state index contributed by atoms with van der Waals surface area (Å²) in [7, 11) is 0. The Labute approximate surface area is 358 Å². The van der Waals surface area contributed by atoms with Gasteiger partial charge in [0.25, 0.3) is 6.33 Å². The molecule has 11 rings (SSSR count). The van der Waals surface area contributed by atoms with Gasteiger partial charge in [-0.1, -0.05) is 91.0 Å². The third kappa shape index (κ3) is 6.23. The number of aromatic nitrogens is 4. The average Bonchev–Trinajstić information content (AvgIpc) is 4.00. The van der Waals surface area contributed by atoms with Crippen LogP contribution in [0.4, 0.5) is 0 Å². The van der Waals surface area contributed by atoms with Gasteiger partial charge < -0.3 is 0 Å². The van der Waals surface area contributed by atoms with Gasteiger partial charge in [0.2, 0.25) is 0 Å². The van der Waals surface area contributed by atoms with Crippen molar-refractivity contribution in [2.75, 3.05) is 0 Å². The fraction of sp³-hybridized carbons (Fsp3) is 0.0741. The van der Waals surface area contributed by atoms with Gasteiger partial charge in [-0.2, -0.15) is 4.57 Å². The predicted molar refractivity (Wildman–Crippen MR) is 247 cm³/mol. The first-order chi connectivity index (χ1) is 29.4. The molecule has 11 aromatic rings. The summed E-state index contributed by atoms with van der Waals surface area (Å²) in [4.78, 5) is 5.34. The first kappa shape index (κ1) is 36.4. The van der Waals surface area contributed by atoms with Crippen LogP contribution in [0.25, 0.3) is 81.2 Å². The van der Waals surface area contributed by atoms with Gasteiger partial charge in [0.1, 0.15) is 5.69 Å². The standard InChI is InChI=1S/C54H41N4OTe/c1-54(2,3)46-34-51(55-53-45(46)30-31-60-53)58-47-25-11-10-22-43(47)44-29-28-40(33-50(44)58)59-39-21-14-20-38(32-39)56-35-57(49-27-13-12-26-48(49)56)52-41(36-16-6-4-7-17-36)23-15-24-42(52)37-18-8-5-9-19-37/h4-35H,1-3H3/q+1. The van der Waals surface area contributed by atoms with Gasteiger partial charge in [0.15, 0.2) is 11.0 Å². The number of para-hydroxylation sites is 4. The summed E-state index contributed by atoms with van der Waals surface area (Å²) in [6.45, 7) is 6.89. The second-order valence-electron chi connectivity index (χ2n) is 16.3. The predicted octanol–water partition coefficient (Wildman–Crippen LogP) is 13.0. The average molecular weight is 890 g/mol. The fourth-order valence-corrected chi connectivity index (χ4v) is 11.0. The molecule has 4 aromatic heterocycles. The third-order valence-corrected chi connectivity index (χ3v) is 13.8. The molecule has 0 fully saturated rings. The molecule has 0 atom stereocenters. The number of nitrogens with zero attached hydrogens (tertiary/aromatic N) is 4. The number of benzene rings is 7. The zero-order valence-corrected chi connectivity index (χ0v) is 35.9. The number of fused-ring (bicyclic) bond motifs is 5. The molecule has 7 aromatic carbocycles. The molecule has 0 saturated heterocycles.